The highest BCUT2D eigenvalue weighted by atomic mass is 32.2. The molecule has 274 valence electrons. The molecule has 5 atom stereocenters. The number of thioether (sulfide) groups is 1. The van der Waals surface area contributed by atoms with Gasteiger partial charge in [-0.05, 0) is 57.6 Å². The lowest BCUT2D eigenvalue weighted by molar-refractivity contribution is -0.148. The van der Waals surface area contributed by atoms with Crippen LogP contribution < -0.4 is 26.8 Å². The Morgan fingerprint density at radius 1 is 0.900 bits per heavy atom. The first-order valence-corrected chi connectivity index (χ1v) is 17.5. The summed E-state index contributed by atoms with van der Waals surface area (Å²) in [4.78, 5) is 68.8. The zero-order valence-electron chi connectivity index (χ0n) is 30.3. The quantitative estimate of drug-likeness (QED) is 0.181. The second-order valence-corrected chi connectivity index (χ2v) is 16.6. The molecule has 13 nitrogen and oxygen atoms in total. The molecule has 2 aromatic carbocycles. The van der Waals surface area contributed by atoms with Crippen molar-refractivity contribution in [2.24, 2.45) is 5.41 Å². The summed E-state index contributed by atoms with van der Waals surface area (Å²) in [5, 5.41) is 19.8. The number of aliphatic hydroxyl groups excluding tert-OH is 1. The Hall–Kier alpha value is -4.14. The second-order valence-electron chi connectivity index (χ2n) is 15.0. The number of nitrogens with zero attached hydrogens (tertiary/aromatic N) is 1. The molecular formula is C36H52N6O7S. The van der Waals surface area contributed by atoms with Crippen LogP contribution in [0, 0.1) is 5.41 Å². The first kappa shape index (κ1) is 40.3. The van der Waals surface area contributed by atoms with Crippen LogP contribution in [0.25, 0.3) is 0 Å². The van der Waals surface area contributed by atoms with Crippen molar-refractivity contribution < 1.29 is 33.8 Å². The number of rotatable bonds is 12. The third kappa shape index (κ3) is 10.9. The third-order valence-electron chi connectivity index (χ3n) is 8.16. The molecule has 14 heteroatoms. The number of benzene rings is 2. The topological polar surface area (TPSA) is 178 Å². The molecule has 0 radical (unpaired) electrons. The molecule has 6 N–H and O–H groups in total. The predicted molar refractivity (Wildman–Crippen MR) is 192 cm³/mol. The molecule has 5 amide bonds. The van der Waals surface area contributed by atoms with Crippen LogP contribution in [-0.2, 0) is 30.3 Å². The molecular weight excluding hydrogens is 660 g/mol. The first-order chi connectivity index (χ1) is 23.2. The van der Waals surface area contributed by atoms with Gasteiger partial charge in [0.25, 0.3) is 11.8 Å². The highest BCUT2D eigenvalue weighted by molar-refractivity contribution is 8.00. The lowest BCUT2D eigenvalue weighted by atomic mass is 9.85. The van der Waals surface area contributed by atoms with E-state index >= 15 is 0 Å². The number of amides is 5. The van der Waals surface area contributed by atoms with E-state index in [9.17, 15) is 29.1 Å². The largest absolute Gasteiger partial charge is 0.453 e. The Kier molecular flexibility index (Phi) is 13.5. The van der Waals surface area contributed by atoms with Crippen molar-refractivity contribution in [3.8, 4) is 0 Å². The van der Waals surface area contributed by atoms with Crippen LogP contribution in [0.1, 0.15) is 72.6 Å². The van der Waals surface area contributed by atoms with Gasteiger partial charge in [0.05, 0.1) is 19.0 Å². The summed E-state index contributed by atoms with van der Waals surface area (Å²) in [7, 11) is 1.18. The van der Waals surface area contributed by atoms with Gasteiger partial charge in [-0.3, -0.25) is 24.6 Å². The molecule has 0 bridgehead atoms. The summed E-state index contributed by atoms with van der Waals surface area (Å²) in [5.41, 5.74) is 5.59. The average Bonchev–Trinajstić information content (AvgIpc) is 3.38. The molecule has 0 unspecified atom stereocenters. The Morgan fingerprint density at radius 3 is 2.02 bits per heavy atom. The summed E-state index contributed by atoms with van der Waals surface area (Å²) in [6.45, 7) is 14.6. The van der Waals surface area contributed by atoms with E-state index in [4.69, 9.17) is 4.74 Å². The number of aliphatic hydroxyl groups is 1. The van der Waals surface area contributed by atoms with Gasteiger partial charge in [-0.25, -0.2) is 10.2 Å². The minimum atomic E-state index is -1.74. The molecule has 1 saturated heterocycles. The van der Waals surface area contributed by atoms with Gasteiger partial charge in [-0.1, -0.05) is 81.4 Å². The molecule has 1 heterocycles. The van der Waals surface area contributed by atoms with E-state index in [1.165, 1.54) is 23.8 Å². The van der Waals surface area contributed by atoms with Crippen molar-refractivity contribution in [2.45, 2.75) is 102 Å². The monoisotopic (exact) mass is 712 g/mol. The number of alkyl carbamates (subject to hydrolysis) is 1. The van der Waals surface area contributed by atoms with Gasteiger partial charge < -0.3 is 30.7 Å². The van der Waals surface area contributed by atoms with E-state index in [0.717, 1.165) is 5.56 Å². The number of hydrogen-bond donors (Lipinski definition) is 6. The third-order valence-corrected chi connectivity index (χ3v) is 9.53. The Balaban J connectivity index is 1.92. The highest BCUT2D eigenvalue weighted by Gasteiger charge is 2.50. The SMILES string of the molecule is COC(=O)N[C@H](C(=O)N[C@H](C(=O)N[C@@H](Cc1ccccc1)[C@H](O)C(=O)N1CSC(C)(C)[C@H]1C(=O)NNC(C)(C)C)C(C)(C)C)c1ccccc1. The lowest BCUT2D eigenvalue weighted by Gasteiger charge is -2.36. The van der Waals surface area contributed by atoms with E-state index in [1.807, 2.05) is 52.8 Å². The van der Waals surface area contributed by atoms with Gasteiger partial charge in [0, 0.05) is 10.3 Å². The van der Waals surface area contributed by atoms with Crippen molar-refractivity contribution in [3.63, 3.8) is 0 Å². The summed E-state index contributed by atoms with van der Waals surface area (Å²) >= 11 is 1.41. The number of methoxy groups -OCH3 is 1. The molecule has 1 fully saturated rings. The zero-order valence-corrected chi connectivity index (χ0v) is 31.1. The normalized spacial score (nSPS) is 18.2. The predicted octanol–water partition coefficient (Wildman–Crippen LogP) is 2.80. The minimum Gasteiger partial charge on any atom is -0.453 e. The molecule has 0 saturated carbocycles. The lowest BCUT2D eigenvalue weighted by Crippen LogP contribution is -2.63. The number of carbonyl (C=O) groups is 5. The van der Waals surface area contributed by atoms with Gasteiger partial charge in [0.15, 0.2) is 6.10 Å². The summed E-state index contributed by atoms with van der Waals surface area (Å²) in [6.07, 6.45) is -2.50. The second kappa shape index (κ2) is 16.7. The van der Waals surface area contributed by atoms with Crippen LogP contribution in [-0.4, -0.2) is 87.2 Å². The van der Waals surface area contributed by atoms with Crippen molar-refractivity contribution in [1.29, 1.82) is 0 Å². The molecule has 0 aliphatic carbocycles. The fraction of sp³-hybridized carbons (Fsp3) is 0.528. The molecule has 1 aliphatic heterocycles. The molecule has 0 spiro atoms. The number of carbonyl (C=O) groups excluding carboxylic acids is 5. The first-order valence-electron chi connectivity index (χ1n) is 16.5. The van der Waals surface area contributed by atoms with E-state index in [2.05, 4.69) is 26.8 Å². The number of ether oxygens (including phenoxy) is 1. The van der Waals surface area contributed by atoms with Crippen molar-refractivity contribution >= 4 is 41.5 Å². The van der Waals surface area contributed by atoms with Gasteiger partial charge >= 0.3 is 6.09 Å². The number of hydrogen-bond acceptors (Lipinski definition) is 9. The van der Waals surface area contributed by atoms with Crippen LogP contribution in [0.3, 0.4) is 0 Å². The fourth-order valence-electron chi connectivity index (χ4n) is 5.47. The van der Waals surface area contributed by atoms with E-state index < -0.39 is 75.7 Å². The Morgan fingerprint density at radius 2 is 1.48 bits per heavy atom. The maximum atomic E-state index is 14.1. The summed E-state index contributed by atoms with van der Waals surface area (Å²) in [5.74, 6) is -2.31. The molecule has 1 aliphatic rings. The highest BCUT2D eigenvalue weighted by Crippen LogP contribution is 2.40. The smallest absolute Gasteiger partial charge is 0.407 e. The van der Waals surface area contributed by atoms with E-state index in [1.54, 1.807) is 63.2 Å². The van der Waals surface area contributed by atoms with Crippen molar-refractivity contribution in [1.82, 2.24) is 31.7 Å². The van der Waals surface area contributed by atoms with Gasteiger partial charge in [-0.15, -0.1) is 11.8 Å². The molecule has 3 rings (SSSR count). The number of nitrogens with one attached hydrogen (secondary N) is 5. The molecule has 50 heavy (non-hydrogen) atoms. The summed E-state index contributed by atoms with van der Waals surface area (Å²) < 4.78 is 4.06. The minimum absolute atomic E-state index is 0.0770. The zero-order chi connectivity index (χ0) is 37.4. The average molecular weight is 713 g/mol. The van der Waals surface area contributed by atoms with Crippen molar-refractivity contribution in [3.05, 3.63) is 71.8 Å². The van der Waals surface area contributed by atoms with Gasteiger partial charge in [0.1, 0.15) is 18.1 Å². The molecule has 0 aromatic heterocycles. The Labute approximate surface area is 299 Å². The van der Waals surface area contributed by atoms with Crippen molar-refractivity contribution in [2.75, 3.05) is 13.0 Å². The van der Waals surface area contributed by atoms with Crippen LogP contribution in [0.5, 0.6) is 0 Å². The van der Waals surface area contributed by atoms with Gasteiger partial charge in [0.2, 0.25) is 11.8 Å². The standard InChI is InChI=1S/C36H52N6O7S/c1-34(2,3)27(39-29(44)25(38-33(48)49-9)23-18-14-11-15-19-23)30(45)37-24(20-22-16-12-10-13-17-22)26(43)32(47)42-21-50-36(7,8)28(42)31(46)40-41-35(4,5)6/h10-19,24-28,41,43H,20-21H2,1-9H3,(H,37,45)(H,38,48)(H,39,44)(H,40,46)/t24-,25-,26-,27+,28+/m0/s1. The van der Waals surface area contributed by atoms with E-state index in [0.29, 0.717) is 5.56 Å². The van der Waals surface area contributed by atoms with Crippen LogP contribution in [0.4, 0.5) is 4.79 Å². The van der Waals surface area contributed by atoms with Crippen LogP contribution in [0.2, 0.25) is 0 Å². The van der Waals surface area contributed by atoms with Crippen LogP contribution in [0.15, 0.2) is 60.7 Å². The summed E-state index contributed by atoms with van der Waals surface area (Å²) in [6, 6.07) is 13.2. The molecule has 2 aromatic rings. The van der Waals surface area contributed by atoms with Gasteiger partial charge in [-0.2, -0.15) is 0 Å². The fourth-order valence-corrected chi connectivity index (χ4v) is 6.61. The Bertz CT molecular complexity index is 1490. The maximum Gasteiger partial charge on any atom is 0.407 e. The van der Waals surface area contributed by atoms with E-state index in [-0.39, 0.29) is 12.3 Å². The number of hydrazine groups is 1. The maximum absolute atomic E-state index is 14.1. The van der Waals surface area contributed by atoms with Crippen LogP contribution >= 0.6 is 11.8 Å².